The number of rotatable bonds is 1. The Morgan fingerprint density at radius 1 is 1.38 bits per heavy atom. The van der Waals surface area contributed by atoms with Crippen molar-refractivity contribution in [3.63, 3.8) is 0 Å². The SMILES string of the molecule is C=C(I)c1cc2cc(C)ccc2o1. The first-order valence-corrected chi connectivity index (χ1v) is 5.09. The summed E-state index contributed by atoms with van der Waals surface area (Å²) in [6.45, 7) is 5.91. The van der Waals surface area contributed by atoms with Crippen LogP contribution in [-0.2, 0) is 0 Å². The summed E-state index contributed by atoms with van der Waals surface area (Å²) >= 11 is 2.16. The van der Waals surface area contributed by atoms with Gasteiger partial charge in [-0.2, -0.15) is 0 Å². The van der Waals surface area contributed by atoms with Crippen LogP contribution in [0.1, 0.15) is 11.3 Å². The van der Waals surface area contributed by atoms with Gasteiger partial charge in [-0.1, -0.05) is 18.2 Å². The second-order valence-corrected chi connectivity index (χ2v) is 4.36. The van der Waals surface area contributed by atoms with Gasteiger partial charge >= 0.3 is 0 Å². The zero-order valence-corrected chi connectivity index (χ0v) is 9.46. The fourth-order valence-corrected chi connectivity index (χ4v) is 1.56. The molecule has 0 aliphatic carbocycles. The highest BCUT2D eigenvalue weighted by Crippen LogP contribution is 2.27. The van der Waals surface area contributed by atoms with Gasteiger partial charge in [-0.05, 0) is 47.7 Å². The van der Waals surface area contributed by atoms with E-state index in [1.165, 1.54) is 5.56 Å². The number of hydrogen-bond donors (Lipinski definition) is 0. The lowest BCUT2D eigenvalue weighted by molar-refractivity contribution is 0.604. The first-order valence-electron chi connectivity index (χ1n) is 4.02. The van der Waals surface area contributed by atoms with Gasteiger partial charge < -0.3 is 4.42 Å². The fourth-order valence-electron chi connectivity index (χ4n) is 1.30. The van der Waals surface area contributed by atoms with Crippen LogP contribution in [0.2, 0.25) is 0 Å². The normalized spacial score (nSPS) is 10.6. The zero-order chi connectivity index (χ0) is 9.42. The average molecular weight is 284 g/mol. The number of hydrogen-bond acceptors (Lipinski definition) is 1. The molecule has 0 unspecified atom stereocenters. The molecule has 13 heavy (non-hydrogen) atoms. The summed E-state index contributed by atoms with van der Waals surface area (Å²) in [4.78, 5) is 0. The molecule has 0 fully saturated rings. The summed E-state index contributed by atoms with van der Waals surface area (Å²) in [5.74, 6) is 0.862. The van der Waals surface area contributed by atoms with Gasteiger partial charge in [-0.3, -0.25) is 0 Å². The molecule has 0 aliphatic heterocycles. The van der Waals surface area contributed by atoms with Crippen LogP contribution in [0.3, 0.4) is 0 Å². The molecule has 0 atom stereocenters. The van der Waals surface area contributed by atoms with Gasteiger partial charge in [0, 0.05) is 8.97 Å². The fraction of sp³-hybridized carbons (Fsp3) is 0.0909. The van der Waals surface area contributed by atoms with Gasteiger partial charge in [0.2, 0.25) is 0 Å². The quantitative estimate of drug-likeness (QED) is 0.717. The molecular weight excluding hydrogens is 275 g/mol. The van der Waals surface area contributed by atoms with Crippen molar-refractivity contribution >= 4 is 37.1 Å². The molecule has 0 aliphatic rings. The molecule has 2 rings (SSSR count). The summed E-state index contributed by atoms with van der Waals surface area (Å²) in [6.07, 6.45) is 0. The van der Waals surface area contributed by atoms with Crippen molar-refractivity contribution < 1.29 is 4.42 Å². The van der Waals surface area contributed by atoms with E-state index in [2.05, 4.69) is 42.2 Å². The average Bonchev–Trinajstić information content (AvgIpc) is 2.46. The van der Waals surface area contributed by atoms with Crippen LogP contribution < -0.4 is 0 Å². The molecule has 2 aromatic rings. The molecule has 66 valence electrons. The van der Waals surface area contributed by atoms with E-state index >= 15 is 0 Å². The van der Waals surface area contributed by atoms with Gasteiger partial charge in [0.25, 0.3) is 0 Å². The van der Waals surface area contributed by atoms with Gasteiger partial charge in [0.15, 0.2) is 0 Å². The molecule has 0 spiro atoms. The molecule has 1 aromatic heterocycles. The van der Waals surface area contributed by atoms with Gasteiger partial charge in [0.1, 0.15) is 11.3 Å². The summed E-state index contributed by atoms with van der Waals surface area (Å²) in [6, 6.07) is 8.18. The van der Waals surface area contributed by atoms with Crippen LogP contribution in [0.5, 0.6) is 0 Å². The van der Waals surface area contributed by atoms with E-state index in [0.29, 0.717) is 0 Å². The molecule has 0 amide bonds. The molecule has 1 heterocycles. The highest BCUT2D eigenvalue weighted by molar-refractivity contribution is 14.1. The Morgan fingerprint density at radius 2 is 2.15 bits per heavy atom. The maximum atomic E-state index is 5.58. The monoisotopic (exact) mass is 284 g/mol. The molecule has 0 bridgehead atoms. The Morgan fingerprint density at radius 3 is 2.85 bits per heavy atom. The second kappa shape index (κ2) is 3.18. The van der Waals surface area contributed by atoms with Crippen molar-refractivity contribution in [2.75, 3.05) is 0 Å². The van der Waals surface area contributed by atoms with Crippen LogP contribution in [0.15, 0.2) is 35.3 Å². The smallest absolute Gasteiger partial charge is 0.140 e. The van der Waals surface area contributed by atoms with Gasteiger partial charge in [0.05, 0.1) is 0 Å². The van der Waals surface area contributed by atoms with Crippen LogP contribution in [0.4, 0.5) is 0 Å². The Bertz CT molecular complexity index is 468. The molecule has 0 radical (unpaired) electrons. The lowest BCUT2D eigenvalue weighted by Gasteiger charge is -1.89. The van der Waals surface area contributed by atoms with Crippen molar-refractivity contribution in [1.82, 2.24) is 0 Å². The summed E-state index contributed by atoms with van der Waals surface area (Å²) < 4.78 is 6.51. The van der Waals surface area contributed by atoms with Crippen LogP contribution in [-0.4, -0.2) is 0 Å². The van der Waals surface area contributed by atoms with E-state index in [4.69, 9.17) is 4.42 Å². The maximum Gasteiger partial charge on any atom is 0.140 e. The predicted molar refractivity (Wildman–Crippen MR) is 64.0 cm³/mol. The van der Waals surface area contributed by atoms with Crippen LogP contribution in [0.25, 0.3) is 14.5 Å². The number of furan rings is 1. The van der Waals surface area contributed by atoms with Crippen molar-refractivity contribution in [2.24, 2.45) is 0 Å². The Kier molecular flexibility index (Phi) is 2.15. The van der Waals surface area contributed by atoms with Crippen molar-refractivity contribution in [1.29, 1.82) is 0 Å². The first kappa shape index (κ1) is 8.81. The molecule has 0 saturated heterocycles. The lowest BCUT2D eigenvalue weighted by Crippen LogP contribution is -1.67. The van der Waals surface area contributed by atoms with Gasteiger partial charge in [-0.25, -0.2) is 0 Å². The maximum absolute atomic E-state index is 5.58. The molecule has 2 heteroatoms. The standard InChI is InChI=1S/C11H9IO/c1-7-3-4-10-9(5-7)6-11(13-10)8(2)12/h3-6H,2H2,1H3. The Balaban J connectivity index is 2.68. The van der Waals surface area contributed by atoms with E-state index in [0.717, 1.165) is 20.3 Å². The summed E-state index contributed by atoms with van der Waals surface area (Å²) in [5, 5.41) is 1.15. The zero-order valence-electron chi connectivity index (χ0n) is 7.30. The van der Waals surface area contributed by atoms with E-state index in [-0.39, 0.29) is 0 Å². The molecule has 1 aromatic carbocycles. The molecule has 0 N–H and O–H groups in total. The van der Waals surface area contributed by atoms with Crippen molar-refractivity contribution in [3.8, 4) is 0 Å². The number of fused-ring (bicyclic) bond motifs is 1. The third kappa shape index (κ3) is 1.63. The van der Waals surface area contributed by atoms with E-state index < -0.39 is 0 Å². The van der Waals surface area contributed by atoms with Gasteiger partial charge in [-0.15, -0.1) is 0 Å². The third-order valence-electron chi connectivity index (χ3n) is 1.94. The Hall–Kier alpha value is -0.770. The van der Waals surface area contributed by atoms with Crippen LogP contribution in [0, 0.1) is 6.92 Å². The van der Waals surface area contributed by atoms with E-state index in [9.17, 15) is 0 Å². The number of halogens is 1. The summed E-state index contributed by atoms with van der Waals surface area (Å²) in [7, 11) is 0. The number of aryl methyl sites for hydroxylation is 1. The largest absolute Gasteiger partial charge is 0.456 e. The minimum absolute atomic E-state index is 0.862. The minimum Gasteiger partial charge on any atom is -0.456 e. The molecular formula is C11H9IO. The van der Waals surface area contributed by atoms with E-state index in [1.54, 1.807) is 0 Å². The lowest BCUT2D eigenvalue weighted by atomic mass is 10.2. The second-order valence-electron chi connectivity index (χ2n) is 3.06. The number of benzene rings is 1. The topological polar surface area (TPSA) is 13.1 Å². The first-order chi connectivity index (χ1) is 6.16. The highest BCUT2D eigenvalue weighted by atomic mass is 127. The third-order valence-corrected chi connectivity index (χ3v) is 2.47. The van der Waals surface area contributed by atoms with Crippen molar-refractivity contribution in [3.05, 3.63) is 42.2 Å². The summed E-state index contributed by atoms with van der Waals surface area (Å²) in [5.41, 5.74) is 2.18. The van der Waals surface area contributed by atoms with Crippen molar-refractivity contribution in [2.45, 2.75) is 6.92 Å². The van der Waals surface area contributed by atoms with E-state index in [1.807, 2.05) is 18.2 Å². The molecule has 1 nitrogen and oxygen atoms in total. The highest BCUT2D eigenvalue weighted by Gasteiger charge is 2.04. The molecule has 0 saturated carbocycles. The minimum atomic E-state index is 0.862. The Labute approximate surface area is 90.6 Å². The van der Waals surface area contributed by atoms with Crippen LogP contribution >= 0.6 is 22.6 Å². The predicted octanol–water partition coefficient (Wildman–Crippen LogP) is 4.15.